The van der Waals surface area contributed by atoms with E-state index in [0.29, 0.717) is 6.04 Å². The summed E-state index contributed by atoms with van der Waals surface area (Å²) in [5.41, 5.74) is 0.975. The van der Waals surface area contributed by atoms with Crippen molar-refractivity contribution in [2.24, 2.45) is 0 Å². The summed E-state index contributed by atoms with van der Waals surface area (Å²) in [7, 11) is 1.66. The van der Waals surface area contributed by atoms with E-state index in [9.17, 15) is 5.11 Å². The number of fused-ring (bicyclic) bond motifs is 1. The molecule has 0 amide bonds. The molecule has 0 spiro atoms. The molecular weight excluding hydrogens is 264 g/mol. The number of rotatable bonds is 4. The molecule has 116 valence electrons. The van der Waals surface area contributed by atoms with Crippen LogP contribution < -0.4 is 4.74 Å². The minimum Gasteiger partial charge on any atom is -0.497 e. The largest absolute Gasteiger partial charge is 0.497 e. The van der Waals surface area contributed by atoms with E-state index in [4.69, 9.17) is 4.74 Å². The van der Waals surface area contributed by atoms with Crippen LogP contribution in [0, 0.1) is 0 Å². The first-order chi connectivity index (χ1) is 10.3. The van der Waals surface area contributed by atoms with Crippen LogP contribution in [0.2, 0.25) is 0 Å². The fourth-order valence-corrected chi connectivity index (χ4v) is 3.62. The Morgan fingerprint density at radius 2 is 1.95 bits per heavy atom. The van der Waals surface area contributed by atoms with Crippen molar-refractivity contribution >= 4 is 0 Å². The van der Waals surface area contributed by atoms with Crippen LogP contribution in [0.5, 0.6) is 5.75 Å². The molecule has 0 saturated carbocycles. The Morgan fingerprint density at radius 1 is 1.19 bits per heavy atom. The van der Waals surface area contributed by atoms with E-state index in [-0.39, 0.29) is 0 Å². The number of benzene rings is 1. The first kappa shape index (κ1) is 14.8. The number of hydrogen-bond donors (Lipinski definition) is 1. The highest BCUT2D eigenvalue weighted by atomic mass is 16.5. The van der Waals surface area contributed by atoms with Crippen LogP contribution in [0.25, 0.3) is 0 Å². The molecule has 1 N–H and O–H groups in total. The fourth-order valence-electron chi connectivity index (χ4n) is 3.62. The fraction of sp³-hybridized carbons (Fsp3) is 0.647. The standard InChI is InChI=1S/C17H26N2O2/c1-21-16-7-5-14(6-8-16)17(20)13-18-9-3-11-19-10-2-4-15(19)12-18/h5-8,15,17,20H,2-4,9-13H2,1H3. The summed E-state index contributed by atoms with van der Waals surface area (Å²) in [6, 6.07) is 8.46. The van der Waals surface area contributed by atoms with Crippen molar-refractivity contribution in [2.75, 3.05) is 39.8 Å². The second-order valence-corrected chi connectivity index (χ2v) is 6.23. The minimum atomic E-state index is -0.413. The Morgan fingerprint density at radius 3 is 2.71 bits per heavy atom. The monoisotopic (exact) mass is 290 g/mol. The van der Waals surface area contributed by atoms with Crippen molar-refractivity contribution in [2.45, 2.75) is 31.4 Å². The molecule has 4 nitrogen and oxygen atoms in total. The first-order valence-corrected chi connectivity index (χ1v) is 8.04. The van der Waals surface area contributed by atoms with Crippen molar-refractivity contribution in [3.05, 3.63) is 29.8 Å². The lowest BCUT2D eigenvalue weighted by atomic mass is 10.1. The third kappa shape index (κ3) is 3.57. The molecule has 2 aliphatic rings. The average Bonchev–Trinajstić information content (AvgIpc) is 2.86. The molecule has 0 aromatic heterocycles. The summed E-state index contributed by atoms with van der Waals surface area (Å²) in [5.74, 6) is 0.835. The van der Waals surface area contributed by atoms with Crippen LogP contribution in [0.3, 0.4) is 0 Å². The molecule has 0 aliphatic carbocycles. The Hall–Kier alpha value is -1.10. The van der Waals surface area contributed by atoms with Gasteiger partial charge in [0.1, 0.15) is 5.75 Å². The Labute approximate surface area is 127 Å². The summed E-state index contributed by atoms with van der Waals surface area (Å²) in [6.45, 7) is 5.42. The van der Waals surface area contributed by atoms with Crippen LogP contribution in [0.4, 0.5) is 0 Å². The predicted octanol–water partition coefficient (Wildman–Crippen LogP) is 1.90. The highest BCUT2D eigenvalue weighted by molar-refractivity contribution is 5.28. The van der Waals surface area contributed by atoms with Crippen molar-refractivity contribution in [1.29, 1.82) is 0 Å². The van der Waals surface area contributed by atoms with Gasteiger partial charge in [0.2, 0.25) is 0 Å². The molecule has 3 rings (SSSR count). The average molecular weight is 290 g/mol. The highest BCUT2D eigenvalue weighted by Crippen LogP contribution is 2.23. The maximum atomic E-state index is 10.5. The number of aliphatic hydroxyl groups is 1. The zero-order valence-electron chi connectivity index (χ0n) is 12.9. The number of methoxy groups -OCH3 is 1. The molecular formula is C17H26N2O2. The number of aliphatic hydroxyl groups excluding tert-OH is 1. The van der Waals surface area contributed by atoms with E-state index in [2.05, 4.69) is 9.80 Å². The lowest BCUT2D eigenvalue weighted by Crippen LogP contribution is -2.38. The number of ether oxygens (including phenoxy) is 1. The summed E-state index contributed by atoms with van der Waals surface area (Å²) >= 11 is 0. The smallest absolute Gasteiger partial charge is 0.118 e. The van der Waals surface area contributed by atoms with Crippen molar-refractivity contribution in [1.82, 2.24) is 9.80 Å². The Bertz CT molecular complexity index is 449. The van der Waals surface area contributed by atoms with Crippen LogP contribution in [-0.4, -0.2) is 60.8 Å². The minimum absolute atomic E-state index is 0.413. The van der Waals surface area contributed by atoms with Gasteiger partial charge in [-0.05, 0) is 56.6 Å². The van der Waals surface area contributed by atoms with E-state index in [1.165, 1.54) is 32.4 Å². The maximum Gasteiger partial charge on any atom is 0.118 e. The number of hydrogen-bond acceptors (Lipinski definition) is 4. The Kier molecular flexibility index (Phi) is 4.78. The molecule has 1 aromatic carbocycles. The molecule has 2 aliphatic heterocycles. The highest BCUT2D eigenvalue weighted by Gasteiger charge is 2.29. The van der Waals surface area contributed by atoms with Gasteiger partial charge in [-0.3, -0.25) is 9.80 Å². The zero-order chi connectivity index (χ0) is 14.7. The van der Waals surface area contributed by atoms with Crippen LogP contribution in [0.15, 0.2) is 24.3 Å². The third-order valence-corrected chi connectivity index (χ3v) is 4.82. The van der Waals surface area contributed by atoms with E-state index in [1.807, 2.05) is 24.3 Å². The molecule has 4 heteroatoms. The van der Waals surface area contributed by atoms with Gasteiger partial charge in [0.25, 0.3) is 0 Å². The van der Waals surface area contributed by atoms with Crippen LogP contribution in [-0.2, 0) is 0 Å². The molecule has 2 heterocycles. The predicted molar refractivity (Wildman–Crippen MR) is 83.6 cm³/mol. The van der Waals surface area contributed by atoms with E-state index in [1.54, 1.807) is 7.11 Å². The molecule has 2 atom stereocenters. The Balaban J connectivity index is 1.59. The molecule has 2 fully saturated rings. The van der Waals surface area contributed by atoms with Gasteiger partial charge in [-0.1, -0.05) is 12.1 Å². The summed E-state index contributed by atoms with van der Waals surface area (Å²) < 4.78 is 5.17. The number of β-amino-alcohol motifs (C(OH)–C–C–N with tert-alkyl or cyclic N) is 1. The normalized spacial score (nSPS) is 25.3. The lowest BCUT2D eigenvalue weighted by Gasteiger charge is -2.27. The molecule has 21 heavy (non-hydrogen) atoms. The van der Waals surface area contributed by atoms with Gasteiger partial charge in [0.15, 0.2) is 0 Å². The van der Waals surface area contributed by atoms with Gasteiger partial charge in [-0.25, -0.2) is 0 Å². The lowest BCUT2D eigenvalue weighted by molar-refractivity contribution is 0.108. The van der Waals surface area contributed by atoms with Crippen molar-refractivity contribution in [3.63, 3.8) is 0 Å². The second-order valence-electron chi connectivity index (χ2n) is 6.23. The van der Waals surface area contributed by atoms with E-state index >= 15 is 0 Å². The summed E-state index contributed by atoms with van der Waals surface area (Å²) in [6.07, 6.45) is 3.45. The summed E-state index contributed by atoms with van der Waals surface area (Å²) in [5, 5.41) is 10.5. The SMILES string of the molecule is COc1ccc(C(O)CN2CCCN3CCCC3C2)cc1. The van der Waals surface area contributed by atoms with Crippen molar-refractivity contribution in [3.8, 4) is 5.75 Å². The molecule has 2 unspecified atom stereocenters. The molecule has 2 saturated heterocycles. The van der Waals surface area contributed by atoms with Gasteiger partial charge in [0, 0.05) is 19.1 Å². The van der Waals surface area contributed by atoms with Gasteiger partial charge >= 0.3 is 0 Å². The first-order valence-electron chi connectivity index (χ1n) is 8.04. The third-order valence-electron chi connectivity index (χ3n) is 4.82. The van der Waals surface area contributed by atoms with E-state index < -0.39 is 6.10 Å². The van der Waals surface area contributed by atoms with Gasteiger partial charge < -0.3 is 9.84 Å². The molecule has 0 bridgehead atoms. The second kappa shape index (κ2) is 6.77. The van der Waals surface area contributed by atoms with Gasteiger partial charge in [-0.15, -0.1) is 0 Å². The van der Waals surface area contributed by atoms with Gasteiger partial charge in [-0.2, -0.15) is 0 Å². The van der Waals surface area contributed by atoms with Gasteiger partial charge in [0.05, 0.1) is 13.2 Å². The molecule has 0 radical (unpaired) electrons. The summed E-state index contributed by atoms with van der Waals surface area (Å²) in [4.78, 5) is 5.06. The van der Waals surface area contributed by atoms with Crippen LogP contribution in [0.1, 0.15) is 30.9 Å². The van der Waals surface area contributed by atoms with Crippen molar-refractivity contribution < 1.29 is 9.84 Å². The number of nitrogens with zero attached hydrogens (tertiary/aromatic N) is 2. The topological polar surface area (TPSA) is 35.9 Å². The van der Waals surface area contributed by atoms with E-state index in [0.717, 1.165) is 30.9 Å². The zero-order valence-corrected chi connectivity index (χ0v) is 12.9. The van der Waals surface area contributed by atoms with Crippen LogP contribution >= 0.6 is 0 Å². The maximum absolute atomic E-state index is 10.5. The quantitative estimate of drug-likeness (QED) is 0.919. The molecule has 1 aromatic rings.